The highest BCUT2D eigenvalue weighted by Gasteiger charge is 2.19. The molecule has 0 unspecified atom stereocenters. The maximum absolute atomic E-state index is 10.9. The van der Waals surface area contributed by atoms with Crippen molar-refractivity contribution in [3.63, 3.8) is 0 Å². The third kappa shape index (κ3) is 2.54. The second kappa shape index (κ2) is 4.96. The average Bonchev–Trinajstić information content (AvgIpc) is 2.31. The van der Waals surface area contributed by atoms with Crippen molar-refractivity contribution in [2.24, 2.45) is 0 Å². The topological polar surface area (TPSA) is 104 Å². The molecule has 0 amide bonds. The lowest BCUT2D eigenvalue weighted by molar-refractivity contribution is -0.385. The van der Waals surface area contributed by atoms with Crippen molar-refractivity contribution >= 4 is 27.6 Å². The Hall–Kier alpha value is -2.22. The smallest absolute Gasteiger partial charge is 0.312 e. The Balaban J connectivity index is 2.42. The van der Waals surface area contributed by atoms with Crippen molar-refractivity contribution in [3.8, 4) is 11.6 Å². The van der Waals surface area contributed by atoms with Crippen LogP contribution in [0.3, 0.4) is 0 Å². The van der Waals surface area contributed by atoms with Crippen LogP contribution in [-0.2, 0) is 0 Å². The number of benzene rings is 1. The number of nitrogens with two attached hydrogens (primary N) is 1. The second-order valence-electron chi connectivity index (χ2n) is 3.20. The summed E-state index contributed by atoms with van der Waals surface area (Å²) in [6, 6.07) is 5.97. The quantitative estimate of drug-likeness (QED) is 0.690. The first-order valence-corrected chi connectivity index (χ1v) is 5.56. The van der Waals surface area contributed by atoms with E-state index in [-0.39, 0.29) is 23.3 Å². The van der Waals surface area contributed by atoms with Crippen LogP contribution in [0, 0.1) is 10.1 Å². The third-order valence-electron chi connectivity index (χ3n) is 2.00. The van der Waals surface area contributed by atoms with Crippen LogP contribution in [0.5, 0.6) is 11.6 Å². The first kappa shape index (κ1) is 12.2. The lowest BCUT2D eigenvalue weighted by Gasteiger charge is -2.07. The maximum atomic E-state index is 10.9. The third-order valence-corrected chi connectivity index (χ3v) is 2.62. The fourth-order valence-electron chi connectivity index (χ4n) is 1.26. The van der Waals surface area contributed by atoms with Gasteiger partial charge in [-0.15, -0.1) is 0 Å². The molecule has 18 heavy (non-hydrogen) atoms. The molecule has 1 aromatic carbocycles. The van der Waals surface area contributed by atoms with E-state index in [1.54, 1.807) is 12.1 Å². The molecule has 0 saturated heterocycles. The van der Waals surface area contributed by atoms with Gasteiger partial charge in [-0.25, -0.2) is 4.98 Å². The zero-order chi connectivity index (χ0) is 13.1. The molecular formula is C10H7BrN4O3. The van der Waals surface area contributed by atoms with Crippen LogP contribution in [0.4, 0.5) is 11.6 Å². The molecule has 0 aliphatic heterocycles. The summed E-state index contributed by atoms with van der Waals surface area (Å²) in [6.07, 6.45) is 1.40. The van der Waals surface area contributed by atoms with E-state index in [1.165, 1.54) is 18.3 Å². The number of nitrogens with zero attached hydrogens (tertiary/aromatic N) is 3. The fraction of sp³-hybridized carbons (Fsp3) is 0. The highest BCUT2D eigenvalue weighted by Crippen LogP contribution is 2.37. The minimum atomic E-state index is -0.537. The van der Waals surface area contributed by atoms with E-state index in [2.05, 4.69) is 25.9 Å². The first-order valence-electron chi connectivity index (χ1n) is 4.77. The van der Waals surface area contributed by atoms with Gasteiger partial charge < -0.3 is 10.5 Å². The second-order valence-corrected chi connectivity index (χ2v) is 4.05. The van der Waals surface area contributed by atoms with Crippen LogP contribution in [0.2, 0.25) is 0 Å². The molecule has 2 N–H and O–H groups in total. The number of hydrogen-bond acceptors (Lipinski definition) is 6. The van der Waals surface area contributed by atoms with Crippen LogP contribution >= 0.6 is 15.9 Å². The van der Waals surface area contributed by atoms with E-state index in [0.29, 0.717) is 4.47 Å². The molecule has 92 valence electrons. The van der Waals surface area contributed by atoms with E-state index >= 15 is 0 Å². The number of rotatable bonds is 3. The molecular weight excluding hydrogens is 304 g/mol. The summed E-state index contributed by atoms with van der Waals surface area (Å²) in [4.78, 5) is 17.9. The van der Waals surface area contributed by atoms with Crippen LogP contribution < -0.4 is 10.5 Å². The summed E-state index contributed by atoms with van der Waals surface area (Å²) in [7, 11) is 0. The summed E-state index contributed by atoms with van der Waals surface area (Å²) in [5.74, 6) is 0.236. The molecule has 0 aliphatic rings. The highest BCUT2D eigenvalue weighted by atomic mass is 79.9. The highest BCUT2D eigenvalue weighted by molar-refractivity contribution is 9.10. The van der Waals surface area contributed by atoms with Gasteiger partial charge in [-0.05, 0) is 22.0 Å². The molecule has 2 aromatic rings. The van der Waals surface area contributed by atoms with Crippen LogP contribution in [0.1, 0.15) is 0 Å². The number of hydrogen-bond donors (Lipinski definition) is 1. The molecule has 0 spiro atoms. The number of para-hydroxylation sites is 1. The molecule has 0 saturated carbocycles. The van der Waals surface area contributed by atoms with Gasteiger partial charge in [0.1, 0.15) is 0 Å². The lowest BCUT2D eigenvalue weighted by Crippen LogP contribution is -1.98. The van der Waals surface area contributed by atoms with Gasteiger partial charge in [-0.1, -0.05) is 6.07 Å². The predicted molar refractivity (Wildman–Crippen MR) is 67.3 cm³/mol. The minimum Gasteiger partial charge on any atom is -0.430 e. The van der Waals surface area contributed by atoms with Crippen molar-refractivity contribution in [1.82, 2.24) is 9.97 Å². The van der Waals surface area contributed by atoms with E-state index in [0.717, 1.165) is 0 Å². The summed E-state index contributed by atoms with van der Waals surface area (Å²) in [5, 5.41) is 10.9. The standard InChI is InChI=1S/C10H7BrN4O3/c11-6-2-1-3-7(15(16)17)9(6)18-8-4-5-13-10(12)14-8/h1-5H,(H2,12,13,14). The van der Waals surface area contributed by atoms with E-state index in [4.69, 9.17) is 10.5 Å². The van der Waals surface area contributed by atoms with Gasteiger partial charge >= 0.3 is 5.69 Å². The molecule has 7 nitrogen and oxygen atoms in total. The molecule has 0 aliphatic carbocycles. The van der Waals surface area contributed by atoms with Crippen LogP contribution in [0.15, 0.2) is 34.9 Å². The Morgan fingerprint density at radius 2 is 2.17 bits per heavy atom. The molecule has 0 radical (unpaired) electrons. The van der Waals surface area contributed by atoms with Gasteiger partial charge in [0, 0.05) is 18.3 Å². The number of ether oxygens (including phenoxy) is 1. The molecule has 0 atom stereocenters. The Labute approximate surface area is 110 Å². The molecule has 0 fully saturated rings. The van der Waals surface area contributed by atoms with Gasteiger partial charge in [0.2, 0.25) is 17.6 Å². The normalized spacial score (nSPS) is 10.1. The Morgan fingerprint density at radius 3 is 2.83 bits per heavy atom. The van der Waals surface area contributed by atoms with Crippen molar-refractivity contribution in [3.05, 3.63) is 45.0 Å². The summed E-state index contributed by atoms with van der Waals surface area (Å²) < 4.78 is 5.82. The van der Waals surface area contributed by atoms with Gasteiger partial charge in [-0.2, -0.15) is 4.98 Å². The van der Waals surface area contributed by atoms with Crippen molar-refractivity contribution in [2.45, 2.75) is 0 Å². The van der Waals surface area contributed by atoms with E-state index in [1.807, 2.05) is 0 Å². The number of aromatic nitrogens is 2. The zero-order valence-electron chi connectivity index (χ0n) is 8.91. The number of anilines is 1. The van der Waals surface area contributed by atoms with Gasteiger partial charge in [0.05, 0.1) is 9.40 Å². The molecule has 1 heterocycles. The first-order chi connectivity index (χ1) is 8.58. The van der Waals surface area contributed by atoms with E-state index in [9.17, 15) is 10.1 Å². The zero-order valence-corrected chi connectivity index (χ0v) is 10.5. The molecule has 0 bridgehead atoms. The number of nitro benzene ring substituents is 1. The van der Waals surface area contributed by atoms with Gasteiger partial charge in [0.25, 0.3) is 0 Å². The Bertz CT molecular complexity index is 605. The number of nitro groups is 1. The van der Waals surface area contributed by atoms with Crippen molar-refractivity contribution in [2.75, 3.05) is 5.73 Å². The van der Waals surface area contributed by atoms with Crippen LogP contribution in [0.25, 0.3) is 0 Å². The van der Waals surface area contributed by atoms with E-state index < -0.39 is 4.92 Å². The molecule has 8 heteroatoms. The maximum Gasteiger partial charge on any atom is 0.312 e. The van der Waals surface area contributed by atoms with Gasteiger partial charge in [-0.3, -0.25) is 10.1 Å². The summed E-state index contributed by atoms with van der Waals surface area (Å²) >= 11 is 3.19. The largest absolute Gasteiger partial charge is 0.430 e. The monoisotopic (exact) mass is 310 g/mol. The SMILES string of the molecule is Nc1nccc(Oc2c(Br)cccc2[N+](=O)[O-])n1. The minimum absolute atomic E-state index is 0.0298. The van der Waals surface area contributed by atoms with Crippen molar-refractivity contribution < 1.29 is 9.66 Å². The van der Waals surface area contributed by atoms with Crippen molar-refractivity contribution in [1.29, 1.82) is 0 Å². The Morgan fingerprint density at radius 1 is 1.39 bits per heavy atom. The molecule has 1 aromatic heterocycles. The van der Waals surface area contributed by atoms with Crippen LogP contribution in [-0.4, -0.2) is 14.9 Å². The fourth-order valence-corrected chi connectivity index (χ4v) is 1.70. The number of nitrogen functional groups attached to an aromatic ring is 1. The predicted octanol–water partition coefficient (Wildman–Crippen LogP) is 2.52. The van der Waals surface area contributed by atoms with Gasteiger partial charge in [0.15, 0.2) is 0 Å². The average molecular weight is 311 g/mol. The summed E-state index contributed by atoms with van der Waals surface area (Å²) in [5.41, 5.74) is 5.24. The number of halogens is 1. The summed E-state index contributed by atoms with van der Waals surface area (Å²) in [6.45, 7) is 0. The Kier molecular flexibility index (Phi) is 3.38. The molecule has 2 rings (SSSR count). The lowest BCUT2D eigenvalue weighted by atomic mass is 10.3.